The summed E-state index contributed by atoms with van der Waals surface area (Å²) in [6, 6.07) is 8.48. The first kappa shape index (κ1) is 14.4. The summed E-state index contributed by atoms with van der Waals surface area (Å²) in [6.45, 7) is 2.37. The predicted octanol–water partition coefficient (Wildman–Crippen LogP) is 3.14. The van der Waals surface area contributed by atoms with Gasteiger partial charge in [0.15, 0.2) is 0 Å². The lowest BCUT2D eigenvalue weighted by molar-refractivity contribution is -0.120. The van der Waals surface area contributed by atoms with Crippen LogP contribution in [0.15, 0.2) is 24.3 Å². The topological polar surface area (TPSA) is 32.3 Å². The highest BCUT2D eigenvalue weighted by Crippen LogP contribution is 2.26. The second kappa shape index (κ2) is 6.97. The quantitative estimate of drug-likeness (QED) is 0.922. The second-order valence-corrected chi connectivity index (χ2v) is 6.46. The molecular formula is C18H26N2O. The molecule has 0 saturated heterocycles. The van der Waals surface area contributed by atoms with Gasteiger partial charge in [-0.15, -0.1) is 0 Å². The fourth-order valence-electron chi connectivity index (χ4n) is 3.65. The van der Waals surface area contributed by atoms with Crippen LogP contribution in [0, 0.1) is 5.92 Å². The van der Waals surface area contributed by atoms with Crippen molar-refractivity contribution in [3.8, 4) is 0 Å². The summed E-state index contributed by atoms with van der Waals surface area (Å²) in [6.07, 6.45) is 8.89. The van der Waals surface area contributed by atoms with Gasteiger partial charge in [0.1, 0.15) is 0 Å². The first-order valence-electron chi connectivity index (χ1n) is 8.42. The number of hydrogen-bond acceptors (Lipinski definition) is 2. The number of carbonyl (C=O) groups excluding carboxylic acids is 1. The second-order valence-electron chi connectivity index (χ2n) is 6.46. The highest BCUT2D eigenvalue weighted by Gasteiger charge is 2.19. The van der Waals surface area contributed by atoms with Crippen LogP contribution in [-0.4, -0.2) is 25.5 Å². The zero-order chi connectivity index (χ0) is 14.5. The summed E-state index contributed by atoms with van der Waals surface area (Å²) in [7, 11) is 0. The van der Waals surface area contributed by atoms with Crippen molar-refractivity contribution in [1.82, 2.24) is 5.32 Å². The Morgan fingerprint density at radius 2 is 1.95 bits per heavy atom. The Hall–Kier alpha value is -1.51. The standard InChI is InChI=1S/C18H26N2O/c21-18(19-13-15-7-2-1-3-8-15)14-20-12-6-10-16-9-4-5-11-17(16)20/h4-5,9,11,15H,1-3,6-8,10,12-14H2,(H,19,21). The number of para-hydroxylation sites is 1. The Balaban J connectivity index is 1.51. The van der Waals surface area contributed by atoms with E-state index >= 15 is 0 Å². The minimum atomic E-state index is 0.178. The van der Waals surface area contributed by atoms with Crippen LogP contribution in [0.4, 0.5) is 5.69 Å². The molecule has 0 atom stereocenters. The van der Waals surface area contributed by atoms with E-state index in [1.165, 1.54) is 43.4 Å². The third-order valence-electron chi connectivity index (χ3n) is 4.85. The van der Waals surface area contributed by atoms with Gasteiger partial charge in [0.25, 0.3) is 0 Å². The molecule has 1 aliphatic heterocycles. The zero-order valence-corrected chi connectivity index (χ0v) is 12.8. The Kier molecular flexibility index (Phi) is 4.79. The molecule has 2 aliphatic rings. The van der Waals surface area contributed by atoms with Gasteiger partial charge in [-0.2, -0.15) is 0 Å². The molecule has 1 amide bonds. The predicted molar refractivity (Wildman–Crippen MR) is 86.6 cm³/mol. The summed E-state index contributed by atoms with van der Waals surface area (Å²) >= 11 is 0. The van der Waals surface area contributed by atoms with Gasteiger partial charge in [0, 0.05) is 18.8 Å². The van der Waals surface area contributed by atoms with Crippen molar-refractivity contribution in [1.29, 1.82) is 0 Å². The molecule has 1 N–H and O–H groups in total. The van der Waals surface area contributed by atoms with E-state index in [-0.39, 0.29) is 5.91 Å². The fourth-order valence-corrected chi connectivity index (χ4v) is 3.65. The molecule has 0 unspecified atom stereocenters. The van der Waals surface area contributed by atoms with Crippen LogP contribution in [-0.2, 0) is 11.2 Å². The normalized spacial score (nSPS) is 19.1. The molecule has 21 heavy (non-hydrogen) atoms. The largest absolute Gasteiger partial charge is 0.362 e. The lowest BCUT2D eigenvalue weighted by atomic mass is 9.89. The van der Waals surface area contributed by atoms with E-state index in [1.54, 1.807) is 0 Å². The van der Waals surface area contributed by atoms with Crippen molar-refractivity contribution in [3.63, 3.8) is 0 Å². The minimum absolute atomic E-state index is 0.178. The maximum absolute atomic E-state index is 12.2. The number of nitrogens with zero attached hydrogens (tertiary/aromatic N) is 1. The van der Waals surface area contributed by atoms with Crippen molar-refractivity contribution in [3.05, 3.63) is 29.8 Å². The van der Waals surface area contributed by atoms with Crippen LogP contribution in [0.25, 0.3) is 0 Å². The van der Waals surface area contributed by atoms with E-state index in [1.807, 2.05) is 0 Å². The molecule has 1 fully saturated rings. The molecule has 1 aromatic rings. The third kappa shape index (κ3) is 3.78. The van der Waals surface area contributed by atoms with Crippen LogP contribution >= 0.6 is 0 Å². The SMILES string of the molecule is O=C(CN1CCCc2ccccc21)NCC1CCCCC1. The number of benzene rings is 1. The van der Waals surface area contributed by atoms with Gasteiger partial charge < -0.3 is 10.2 Å². The molecule has 3 heteroatoms. The van der Waals surface area contributed by atoms with E-state index in [4.69, 9.17) is 0 Å². The van der Waals surface area contributed by atoms with Gasteiger partial charge in [-0.1, -0.05) is 37.5 Å². The summed E-state index contributed by atoms with van der Waals surface area (Å²) in [5.74, 6) is 0.883. The molecular weight excluding hydrogens is 260 g/mol. The van der Waals surface area contributed by atoms with Gasteiger partial charge in [-0.05, 0) is 43.2 Å². The molecule has 3 rings (SSSR count). The average molecular weight is 286 g/mol. The maximum atomic E-state index is 12.2. The summed E-state index contributed by atoms with van der Waals surface area (Å²) < 4.78 is 0. The van der Waals surface area contributed by atoms with Crippen molar-refractivity contribution in [2.45, 2.75) is 44.9 Å². The van der Waals surface area contributed by atoms with Gasteiger partial charge in [-0.25, -0.2) is 0 Å². The van der Waals surface area contributed by atoms with Crippen LogP contribution in [0.3, 0.4) is 0 Å². The Bertz CT molecular complexity index is 480. The van der Waals surface area contributed by atoms with E-state index in [0.717, 1.165) is 25.9 Å². The van der Waals surface area contributed by atoms with Crippen LogP contribution in [0.1, 0.15) is 44.1 Å². The highest BCUT2D eigenvalue weighted by atomic mass is 16.2. The first-order chi connectivity index (χ1) is 10.3. The molecule has 0 aromatic heterocycles. The van der Waals surface area contributed by atoms with Gasteiger partial charge in [0.05, 0.1) is 6.54 Å². The number of hydrogen-bond donors (Lipinski definition) is 1. The van der Waals surface area contributed by atoms with E-state index in [9.17, 15) is 4.79 Å². The van der Waals surface area contributed by atoms with Crippen LogP contribution in [0.5, 0.6) is 0 Å². The van der Waals surface area contributed by atoms with E-state index in [2.05, 4.69) is 34.5 Å². The van der Waals surface area contributed by atoms with Gasteiger partial charge >= 0.3 is 0 Å². The monoisotopic (exact) mass is 286 g/mol. The number of aryl methyl sites for hydroxylation is 1. The maximum Gasteiger partial charge on any atom is 0.239 e. The lowest BCUT2D eigenvalue weighted by Crippen LogP contribution is -2.41. The van der Waals surface area contributed by atoms with E-state index in [0.29, 0.717) is 12.5 Å². The van der Waals surface area contributed by atoms with Crippen molar-refractivity contribution in [2.75, 3.05) is 24.5 Å². The highest BCUT2D eigenvalue weighted by molar-refractivity contribution is 5.81. The van der Waals surface area contributed by atoms with Crippen LogP contribution < -0.4 is 10.2 Å². The van der Waals surface area contributed by atoms with E-state index < -0.39 is 0 Å². The van der Waals surface area contributed by atoms with Gasteiger partial charge in [0.2, 0.25) is 5.91 Å². The van der Waals surface area contributed by atoms with Gasteiger partial charge in [-0.3, -0.25) is 4.79 Å². The molecule has 1 heterocycles. The van der Waals surface area contributed by atoms with Crippen molar-refractivity contribution in [2.24, 2.45) is 5.92 Å². The number of fused-ring (bicyclic) bond motifs is 1. The Morgan fingerprint density at radius 3 is 2.81 bits per heavy atom. The Labute approximate surface area is 127 Å². The number of carbonyl (C=O) groups is 1. The molecule has 3 nitrogen and oxygen atoms in total. The molecule has 114 valence electrons. The lowest BCUT2D eigenvalue weighted by Gasteiger charge is -2.31. The molecule has 0 bridgehead atoms. The fraction of sp³-hybridized carbons (Fsp3) is 0.611. The summed E-state index contributed by atoms with van der Waals surface area (Å²) in [4.78, 5) is 14.4. The smallest absolute Gasteiger partial charge is 0.239 e. The van der Waals surface area contributed by atoms with Crippen LogP contribution in [0.2, 0.25) is 0 Å². The third-order valence-corrected chi connectivity index (χ3v) is 4.85. The molecule has 1 aliphatic carbocycles. The Morgan fingerprint density at radius 1 is 1.14 bits per heavy atom. The average Bonchev–Trinajstić information content (AvgIpc) is 2.54. The molecule has 1 saturated carbocycles. The van der Waals surface area contributed by atoms with Crippen molar-refractivity contribution >= 4 is 11.6 Å². The van der Waals surface area contributed by atoms with Crippen molar-refractivity contribution < 1.29 is 4.79 Å². The molecule has 0 radical (unpaired) electrons. The number of rotatable bonds is 4. The summed E-state index contributed by atoms with van der Waals surface area (Å²) in [5, 5.41) is 3.15. The molecule has 1 aromatic carbocycles. The number of nitrogens with one attached hydrogen (secondary N) is 1. The first-order valence-corrected chi connectivity index (χ1v) is 8.42. The zero-order valence-electron chi connectivity index (χ0n) is 12.8. The summed E-state index contributed by atoms with van der Waals surface area (Å²) in [5.41, 5.74) is 2.63. The number of anilines is 1. The minimum Gasteiger partial charge on any atom is -0.362 e. The molecule has 0 spiro atoms. The number of amides is 1.